The van der Waals surface area contributed by atoms with Crippen LogP contribution < -0.4 is 10.5 Å². The van der Waals surface area contributed by atoms with E-state index in [2.05, 4.69) is 30.3 Å². The van der Waals surface area contributed by atoms with Gasteiger partial charge >= 0.3 is 0 Å². The summed E-state index contributed by atoms with van der Waals surface area (Å²) in [5.74, 6) is 1.57. The van der Waals surface area contributed by atoms with Gasteiger partial charge in [-0.05, 0) is 53.3 Å². The lowest BCUT2D eigenvalue weighted by atomic mass is 9.91. The topological polar surface area (TPSA) is 35.2 Å². The molecule has 2 aromatic carbocycles. The van der Waals surface area contributed by atoms with Crippen molar-refractivity contribution in [2.75, 3.05) is 7.11 Å². The summed E-state index contributed by atoms with van der Waals surface area (Å²) in [4.78, 5) is 0. The van der Waals surface area contributed by atoms with Gasteiger partial charge in [0.1, 0.15) is 5.75 Å². The van der Waals surface area contributed by atoms with Gasteiger partial charge in [0, 0.05) is 6.04 Å². The minimum atomic E-state index is 0.189. The van der Waals surface area contributed by atoms with Crippen LogP contribution in [0.25, 0.3) is 10.8 Å². The number of fused-ring (bicyclic) bond motifs is 1. The Morgan fingerprint density at radius 1 is 1.05 bits per heavy atom. The molecule has 0 heterocycles. The summed E-state index contributed by atoms with van der Waals surface area (Å²) >= 11 is 0. The molecule has 1 saturated carbocycles. The third-order valence-corrected chi connectivity index (χ3v) is 4.36. The monoisotopic (exact) mass is 255 g/mol. The molecule has 2 nitrogen and oxygen atoms in total. The quantitative estimate of drug-likeness (QED) is 0.898. The number of benzene rings is 2. The second-order valence-electron chi connectivity index (χ2n) is 5.54. The third kappa shape index (κ3) is 2.45. The molecule has 1 fully saturated rings. The first-order valence-corrected chi connectivity index (χ1v) is 7.11. The Hall–Kier alpha value is -1.54. The van der Waals surface area contributed by atoms with E-state index in [1.807, 2.05) is 6.07 Å². The van der Waals surface area contributed by atoms with Gasteiger partial charge in [-0.15, -0.1) is 0 Å². The van der Waals surface area contributed by atoms with Gasteiger partial charge in [-0.3, -0.25) is 0 Å². The van der Waals surface area contributed by atoms with E-state index in [1.54, 1.807) is 7.11 Å². The Kier molecular flexibility index (Phi) is 3.43. The van der Waals surface area contributed by atoms with Crippen LogP contribution in [0.3, 0.4) is 0 Å². The standard InChI is InChI=1S/C17H21NO/c1-19-16-9-8-13-10-15(7-6-14(13)11-16)17(18)12-4-2-3-5-12/h6-12,17H,2-5,18H2,1H3/t17-/m0/s1. The van der Waals surface area contributed by atoms with Crippen molar-refractivity contribution in [2.45, 2.75) is 31.7 Å². The van der Waals surface area contributed by atoms with Crippen molar-refractivity contribution in [3.05, 3.63) is 42.0 Å². The molecule has 1 aliphatic carbocycles. The maximum absolute atomic E-state index is 6.42. The minimum absolute atomic E-state index is 0.189. The van der Waals surface area contributed by atoms with E-state index >= 15 is 0 Å². The Morgan fingerprint density at radius 3 is 2.47 bits per heavy atom. The molecule has 100 valence electrons. The summed E-state index contributed by atoms with van der Waals surface area (Å²) in [6.45, 7) is 0. The molecular weight excluding hydrogens is 234 g/mol. The van der Waals surface area contributed by atoms with Crippen LogP contribution >= 0.6 is 0 Å². The Bertz CT molecular complexity index is 572. The Morgan fingerprint density at radius 2 is 1.74 bits per heavy atom. The first-order chi connectivity index (χ1) is 9.28. The first kappa shape index (κ1) is 12.5. The molecule has 1 aliphatic rings. The maximum Gasteiger partial charge on any atom is 0.119 e. The molecule has 0 amide bonds. The van der Waals surface area contributed by atoms with Gasteiger partial charge in [0.2, 0.25) is 0 Å². The lowest BCUT2D eigenvalue weighted by Gasteiger charge is -2.19. The van der Waals surface area contributed by atoms with Crippen molar-refractivity contribution in [1.29, 1.82) is 0 Å². The van der Waals surface area contributed by atoms with E-state index in [-0.39, 0.29) is 6.04 Å². The average molecular weight is 255 g/mol. The number of hydrogen-bond donors (Lipinski definition) is 1. The van der Waals surface area contributed by atoms with Crippen molar-refractivity contribution in [2.24, 2.45) is 11.7 Å². The van der Waals surface area contributed by atoms with Gasteiger partial charge in [0.25, 0.3) is 0 Å². The third-order valence-electron chi connectivity index (χ3n) is 4.36. The second-order valence-corrected chi connectivity index (χ2v) is 5.54. The summed E-state index contributed by atoms with van der Waals surface area (Å²) < 4.78 is 5.26. The number of rotatable bonds is 3. The first-order valence-electron chi connectivity index (χ1n) is 7.11. The fraction of sp³-hybridized carbons (Fsp3) is 0.412. The van der Waals surface area contributed by atoms with Crippen LogP contribution in [0.4, 0.5) is 0 Å². The fourth-order valence-electron chi connectivity index (χ4n) is 3.17. The summed E-state index contributed by atoms with van der Waals surface area (Å²) in [6, 6.07) is 12.9. The SMILES string of the molecule is COc1ccc2cc([C@@H](N)C3CCCC3)ccc2c1. The van der Waals surface area contributed by atoms with Crippen LogP contribution in [-0.4, -0.2) is 7.11 Å². The highest BCUT2D eigenvalue weighted by Gasteiger charge is 2.23. The van der Waals surface area contributed by atoms with Crippen molar-refractivity contribution in [1.82, 2.24) is 0 Å². The number of ether oxygens (including phenoxy) is 1. The van der Waals surface area contributed by atoms with Crippen LogP contribution in [0.5, 0.6) is 5.75 Å². The molecule has 0 radical (unpaired) electrons. The van der Waals surface area contributed by atoms with E-state index in [1.165, 1.54) is 42.0 Å². The molecule has 0 aromatic heterocycles. The molecule has 0 bridgehead atoms. The molecule has 0 aliphatic heterocycles. The number of hydrogen-bond acceptors (Lipinski definition) is 2. The summed E-state index contributed by atoms with van der Waals surface area (Å²) in [7, 11) is 1.70. The molecular formula is C17H21NO. The predicted octanol–water partition coefficient (Wildman–Crippen LogP) is 4.04. The van der Waals surface area contributed by atoms with Gasteiger partial charge in [-0.25, -0.2) is 0 Å². The maximum atomic E-state index is 6.42. The second kappa shape index (κ2) is 5.22. The molecule has 1 atom stereocenters. The zero-order valence-corrected chi connectivity index (χ0v) is 11.4. The molecule has 2 N–H and O–H groups in total. The minimum Gasteiger partial charge on any atom is -0.497 e. The predicted molar refractivity (Wildman–Crippen MR) is 79.4 cm³/mol. The van der Waals surface area contributed by atoms with E-state index < -0.39 is 0 Å². The van der Waals surface area contributed by atoms with E-state index in [0.717, 1.165) is 5.75 Å². The average Bonchev–Trinajstić information content (AvgIpc) is 2.99. The smallest absolute Gasteiger partial charge is 0.119 e. The van der Waals surface area contributed by atoms with Crippen LogP contribution in [0, 0.1) is 5.92 Å². The summed E-state index contributed by atoms with van der Waals surface area (Å²) in [6.07, 6.45) is 5.23. The van der Waals surface area contributed by atoms with Crippen molar-refractivity contribution < 1.29 is 4.74 Å². The molecule has 0 spiro atoms. The van der Waals surface area contributed by atoms with Crippen LogP contribution in [0.15, 0.2) is 36.4 Å². The largest absolute Gasteiger partial charge is 0.497 e. The fourth-order valence-corrected chi connectivity index (χ4v) is 3.17. The summed E-state index contributed by atoms with van der Waals surface area (Å²) in [5.41, 5.74) is 7.69. The lowest BCUT2D eigenvalue weighted by molar-refractivity contribution is 0.415. The highest BCUT2D eigenvalue weighted by molar-refractivity contribution is 5.84. The normalized spacial score (nSPS) is 17.8. The Balaban J connectivity index is 1.92. The van der Waals surface area contributed by atoms with Gasteiger partial charge < -0.3 is 10.5 Å². The van der Waals surface area contributed by atoms with Gasteiger partial charge in [-0.2, -0.15) is 0 Å². The molecule has 0 unspecified atom stereocenters. The van der Waals surface area contributed by atoms with Gasteiger partial charge in [0.15, 0.2) is 0 Å². The number of nitrogens with two attached hydrogens (primary N) is 1. The van der Waals surface area contributed by atoms with Crippen molar-refractivity contribution in [3.8, 4) is 5.75 Å². The molecule has 3 rings (SSSR count). The van der Waals surface area contributed by atoms with Gasteiger partial charge in [0.05, 0.1) is 7.11 Å². The van der Waals surface area contributed by atoms with Crippen molar-refractivity contribution >= 4 is 10.8 Å². The van der Waals surface area contributed by atoms with E-state index in [4.69, 9.17) is 10.5 Å². The molecule has 0 saturated heterocycles. The molecule has 2 aromatic rings. The van der Waals surface area contributed by atoms with Crippen LogP contribution in [-0.2, 0) is 0 Å². The zero-order chi connectivity index (χ0) is 13.2. The highest BCUT2D eigenvalue weighted by atomic mass is 16.5. The van der Waals surface area contributed by atoms with Crippen LogP contribution in [0.2, 0.25) is 0 Å². The van der Waals surface area contributed by atoms with E-state index in [9.17, 15) is 0 Å². The van der Waals surface area contributed by atoms with E-state index in [0.29, 0.717) is 5.92 Å². The number of methoxy groups -OCH3 is 1. The van der Waals surface area contributed by atoms with Gasteiger partial charge in [-0.1, -0.05) is 31.0 Å². The summed E-state index contributed by atoms with van der Waals surface area (Å²) in [5, 5.41) is 2.45. The van der Waals surface area contributed by atoms with Crippen LogP contribution in [0.1, 0.15) is 37.3 Å². The molecule has 2 heteroatoms. The molecule has 19 heavy (non-hydrogen) atoms. The Labute approximate surface area is 114 Å². The van der Waals surface area contributed by atoms with Crippen molar-refractivity contribution in [3.63, 3.8) is 0 Å². The lowest BCUT2D eigenvalue weighted by Crippen LogP contribution is -2.18. The zero-order valence-electron chi connectivity index (χ0n) is 11.4. The highest BCUT2D eigenvalue weighted by Crippen LogP contribution is 2.35.